The molecule has 18 heavy (non-hydrogen) atoms. The highest BCUT2D eigenvalue weighted by molar-refractivity contribution is 5.81. The molecule has 1 rings (SSSR count). The van der Waals surface area contributed by atoms with Crippen LogP contribution in [0, 0.1) is 5.92 Å². The number of nitrogens with one attached hydrogen (secondary N) is 1. The van der Waals surface area contributed by atoms with Crippen molar-refractivity contribution in [2.24, 2.45) is 11.7 Å². The van der Waals surface area contributed by atoms with Crippen LogP contribution in [0.3, 0.4) is 0 Å². The molecule has 0 unspecified atom stereocenters. The molecule has 1 aliphatic heterocycles. The molecule has 3 N–H and O–H groups in total. The molecule has 1 saturated heterocycles. The number of likely N-dealkylation sites (tertiary alicyclic amines) is 1. The predicted molar refractivity (Wildman–Crippen MR) is 70.8 cm³/mol. The Morgan fingerprint density at radius 1 is 1.33 bits per heavy atom. The standard InChI is InChI=1S/C13H25N3O2/c1-9(2)8-12(14)13(18)16-6-4-11(5-7-16)15-10(3)17/h9,11-12H,4-8,14H2,1-3H3,(H,15,17)/t12-/m0/s1. The van der Waals surface area contributed by atoms with E-state index in [0.29, 0.717) is 19.0 Å². The van der Waals surface area contributed by atoms with Crippen LogP contribution in [0.15, 0.2) is 0 Å². The van der Waals surface area contributed by atoms with Crippen molar-refractivity contribution in [3.05, 3.63) is 0 Å². The maximum absolute atomic E-state index is 12.1. The quantitative estimate of drug-likeness (QED) is 0.767. The molecule has 0 radical (unpaired) electrons. The number of nitrogens with zero attached hydrogens (tertiary/aromatic N) is 1. The molecule has 1 heterocycles. The Morgan fingerprint density at radius 3 is 2.33 bits per heavy atom. The van der Waals surface area contributed by atoms with Crippen LogP contribution in [0.2, 0.25) is 0 Å². The highest BCUT2D eigenvalue weighted by Gasteiger charge is 2.26. The predicted octanol–water partition coefficient (Wildman–Crippen LogP) is 0.487. The number of carbonyl (C=O) groups excluding carboxylic acids is 2. The van der Waals surface area contributed by atoms with Gasteiger partial charge in [0, 0.05) is 26.1 Å². The second-order valence-corrected chi connectivity index (χ2v) is 5.54. The van der Waals surface area contributed by atoms with E-state index < -0.39 is 0 Å². The Hall–Kier alpha value is -1.10. The number of carbonyl (C=O) groups is 2. The van der Waals surface area contributed by atoms with Crippen molar-refractivity contribution in [2.75, 3.05) is 13.1 Å². The molecule has 1 fully saturated rings. The lowest BCUT2D eigenvalue weighted by Crippen LogP contribution is -2.51. The van der Waals surface area contributed by atoms with Crippen molar-refractivity contribution in [3.8, 4) is 0 Å². The van der Waals surface area contributed by atoms with E-state index in [9.17, 15) is 9.59 Å². The summed E-state index contributed by atoms with van der Waals surface area (Å²) in [6, 6.07) is -0.185. The maximum atomic E-state index is 12.1. The molecule has 5 heteroatoms. The van der Waals surface area contributed by atoms with Gasteiger partial charge in [-0.2, -0.15) is 0 Å². The van der Waals surface area contributed by atoms with E-state index in [1.807, 2.05) is 4.90 Å². The van der Waals surface area contributed by atoms with Gasteiger partial charge < -0.3 is 16.0 Å². The van der Waals surface area contributed by atoms with Crippen LogP contribution >= 0.6 is 0 Å². The number of hydrogen-bond donors (Lipinski definition) is 2. The summed E-state index contributed by atoms with van der Waals surface area (Å²) in [4.78, 5) is 24.8. The van der Waals surface area contributed by atoms with E-state index in [-0.39, 0.29) is 23.9 Å². The zero-order chi connectivity index (χ0) is 13.7. The van der Waals surface area contributed by atoms with E-state index in [4.69, 9.17) is 5.73 Å². The lowest BCUT2D eigenvalue weighted by molar-refractivity contribution is -0.134. The second-order valence-electron chi connectivity index (χ2n) is 5.54. The second kappa shape index (κ2) is 6.73. The van der Waals surface area contributed by atoms with Crippen LogP contribution in [0.1, 0.15) is 40.0 Å². The number of piperidine rings is 1. The van der Waals surface area contributed by atoms with E-state index in [0.717, 1.165) is 19.3 Å². The van der Waals surface area contributed by atoms with Gasteiger partial charge in [0.25, 0.3) is 0 Å². The third kappa shape index (κ3) is 4.64. The van der Waals surface area contributed by atoms with Gasteiger partial charge in [0.15, 0.2) is 0 Å². The summed E-state index contributed by atoms with van der Waals surface area (Å²) in [5.41, 5.74) is 5.90. The first kappa shape index (κ1) is 15.0. The van der Waals surface area contributed by atoms with Crippen molar-refractivity contribution >= 4 is 11.8 Å². The largest absolute Gasteiger partial charge is 0.353 e. The Balaban J connectivity index is 2.38. The first-order valence-corrected chi connectivity index (χ1v) is 6.71. The number of amides is 2. The molecule has 0 spiro atoms. The minimum Gasteiger partial charge on any atom is -0.353 e. The van der Waals surface area contributed by atoms with Gasteiger partial charge in [-0.3, -0.25) is 9.59 Å². The SMILES string of the molecule is CC(=O)NC1CCN(C(=O)[C@@H](N)CC(C)C)CC1. The molecule has 104 valence electrons. The molecule has 1 atom stereocenters. The summed E-state index contributed by atoms with van der Waals surface area (Å²) in [5.74, 6) is 0.474. The van der Waals surface area contributed by atoms with Gasteiger partial charge in [-0.1, -0.05) is 13.8 Å². The van der Waals surface area contributed by atoms with Gasteiger partial charge >= 0.3 is 0 Å². The molecule has 0 saturated carbocycles. The van der Waals surface area contributed by atoms with Gasteiger partial charge in [-0.15, -0.1) is 0 Å². The number of rotatable bonds is 4. The number of hydrogen-bond acceptors (Lipinski definition) is 3. The smallest absolute Gasteiger partial charge is 0.239 e. The first-order chi connectivity index (χ1) is 8.40. The molecule has 0 bridgehead atoms. The minimum atomic E-state index is -0.387. The molecular weight excluding hydrogens is 230 g/mol. The van der Waals surface area contributed by atoms with Crippen LogP contribution < -0.4 is 11.1 Å². The lowest BCUT2D eigenvalue weighted by Gasteiger charge is -2.34. The molecule has 0 aromatic rings. The summed E-state index contributed by atoms with van der Waals surface area (Å²) < 4.78 is 0. The van der Waals surface area contributed by atoms with Gasteiger partial charge in [0.05, 0.1) is 6.04 Å². The van der Waals surface area contributed by atoms with E-state index >= 15 is 0 Å². The fourth-order valence-electron chi connectivity index (χ4n) is 2.37. The van der Waals surface area contributed by atoms with Gasteiger partial charge in [0.1, 0.15) is 0 Å². The highest BCUT2D eigenvalue weighted by atomic mass is 16.2. The zero-order valence-corrected chi connectivity index (χ0v) is 11.6. The molecule has 0 aromatic carbocycles. The Labute approximate surface area is 109 Å². The third-order valence-electron chi connectivity index (χ3n) is 3.26. The summed E-state index contributed by atoms with van der Waals surface area (Å²) in [6.07, 6.45) is 2.36. The van der Waals surface area contributed by atoms with Crippen molar-refractivity contribution < 1.29 is 9.59 Å². The first-order valence-electron chi connectivity index (χ1n) is 6.71. The lowest BCUT2D eigenvalue weighted by atomic mass is 10.0. The van der Waals surface area contributed by atoms with Crippen molar-refractivity contribution in [1.82, 2.24) is 10.2 Å². The minimum absolute atomic E-state index is 0.00344. The monoisotopic (exact) mass is 255 g/mol. The average molecular weight is 255 g/mol. The number of nitrogens with two attached hydrogens (primary N) is 1. The van der Waals surface area contributed by atoms with Gasteiger partial charge in [-0.25, -0.2) is 0 Å². The van der Waals surface area contributed by atoms with Crippen LogP contribution in [0.5, 0.6) is 0 Å². The van der Waals surface area contributed by atoms with E-state index in [1.54, 1.807) is 0 Å². The Morgan fingerprint density at radius 2 is 1.89 bits per heavy atom. The van der Waals surface area contributed by atoms with Gasteiger partial charge in [0.2, 0.25) is 11.8 Å². The van der Waals surface area contributed by atoms with Crippen LogP contribution in [0.25, 0.3) is 0 Å². The van der Waals surface area contributed by atoms with Crippen molar-refractivity contribution in [2.45, 2.75) is 52.1 Å². The topological polar surface area (TPSA) is 75.4 Å². The summed E-state index contributed by atoms with van der Waals surface area (Å²) in [7, 11) is 0. The summed E-state index contributed by atoms with van der Waals surface area (Å²) in [5, 5.41) is 2.89. The van der Waals surface area contributed by atoms with Crippen LogP contribution in [0.4, 0.5) is 0 Å². The Bertz CT molecular complexity index is 297. The fourth-order valence-corrected chi connectivity index (χ4v) is 2.37. The van der Waals surface area contributed by atoms with E-state index in [1.165, 1.54) is 6.92 Å². The normalized spacial score (nSPS) is 18.8. The van der Waals surface area contributed by atoms with Crippen LogP contribution in [-0.4, -0.2) is 41.9 Å². The molecule has 5 nitrogen and oxygen atoms in total. The fraction of sp³-hybridized carbons (Fsp3) is 0.846. The molecule has 1 aliphatic rings. The third-order valence-corrected chi connectivity index (χ3v) is 3.26. The van der Waals surface area contributed by atoms with Crippen LogP contribution in [-0.2, 0) is 9.59 Å². The zero-order valence-electron chi connectivity index (χ0n) is 11.6. The van der Waals surface area contributed by atoms with E-state index in [2.05, 4.69) is 19.2 Å². The molecule has 0 aromatic heterocycles. The van der Waals surface area contributed by atoms with Crippen molar-refractivity contribution in [1.29, 1.82) is 0 Å². The molecule has 0 aliphatic carbocycles. The van der Waals surface area contributed by atoms with Gasteiger partial charge in [-0.05, 0) is 25.2 Å². The highest BCUT2D eigenvalue weighted by Crippen LogP contribution is 2.13. The summed E-state index contributed by atoms with van der Waals surface area (Å²) >= 11 is 0. The Kier molecular flexibility index (Phi) is 5.59. The maximum Gasteiger partial charge on any atom is 0.239 e. The average Bonchev–Trinajstić information content (AvgIpc) is 2.27. The molecular formula is C13H25N3O2. The molecule has 2 amide bonds. The van der Waals surface area contributed by atoms with Crippen molar-refractivity contribution in [3.63, 3.8) is 0 Å². The summed E-state index contributed by atoms with van der Waals surface area (Å²) in [6.45, 7) is 7.04.